The molecule has 0 aliphatic heterocycles. The van der Waals surface area contributed by atoms with Gasteiger partial charge < -0.3 is 10.1 Å². The van der Waals surface area contributed by atoms with Crippen LogP contribution in [0.4, 0.5) is 0 Å². The van der Waals surface area contributed by atoms with Crippen LogP contribution in [-0.2, 0) is 4.79 Å². The standard InChI is InChI=1S/C13H16BrNO3/c1-3-15-13(17)6-7-18-12-5-4-10(14)8-11(12)9(2)16/h4-5,8H,3,6-7H2,1-2H3,(H,15,17). The lowest BCUT2D eigenvalue weighted by molar-refractivity contribution is -0.121. The first-order valence-electron chi connectivity index (χ1n) is 5.74. The molecule has 18 heavy (non-hydrogen) atoms. The first-order valence-corrected chi connectivity index (χ1v) is 6.54. The Kier molecular flexibility index (Phi) is 5.85. The van der Waals surface area contributed by atoms with E-state index in [-0.39, 0.29) is 24.7 Å². The third-order valence-electron chi connectivity index (χ3n) is 2.28. The van der Waals surface area contributed by atoms with E-state index in [2.05, 4.69) is 21.2 Å². The number of rotatable bonds is 6. The molecule has 5 heteroatoms. The van der Waals surface area contributed by atoms with Crippen molar-refractivity contribution in [2.75, 3.05) is 13.2 Å². The predicted octanol–water partition coefficient (Wildman–Crippen LogP) is 2.56. The van der Waals surface area contributed by atoms with Gasteiger partial charge in [0.05, 0.1) is 18.6 Å². The number of carbonyl (C=O) groups excluding carboxylic acids is 2. The van der Waals surface area contributed by atoms with Crippen molar-refractivity contribution >= 4 is 27.6 Å². The van der Waals surface area contributed by atoms with Crippen molar-refractivity contribution < 1.29 is 14.3 Å². The van der Waals surface area contributed by atoms with Gasteiger partial charge in [0, 0.05) is 11.0 Å². The number of Topliss-reactive ketones (excluding diaryl/α,β-unsaturated/α-hetero) is 1. The molecular formula is C13H16BrNO3. The molecule has 0 saturated carbocycles. The van der Waals surface area contributed by atoms with Crippen LogP contribution in [0.5, 0.6) is 5.75 Å². The largest absolute Gasteiger partial charge is 0.492 e. The molecule has 1 aromatic rings. The Hall–Kier alpha value is -1.36. The number of nitrogens with one attached hydrogen (secondary N) is 1. The molecule has 0 saturated heterocycles. The molecule has 1 N–H and O–H groups in total. The van der Waals surface area contributed by atoms with Crippen LogP contribution in [0, 0.1) is 0 Å². The van der Waals surface area contributed by atoms with Gasteiger partial charge in [-0.25, -0.2) is 0 Å². The van der Waals surface area contributed by atoms with Crippen molar-refractivity contribution in [3.05, 3.63) is 28.2 Å². The number of ether oxygens (including phenoxy) is 1. The second kappa shape index (κ2) is 7.16. The maximum atomic E-state index is 11.4. The van der Waals surface area contributed by atoms with Gasteiger partial charge in [0.15, 0.2) is 5.78 Å². The van der Waals surface area contributed by atoms with Gasteiger partial charge in [0.2, 0.25) is 5.91 Å². The topological polar surface area (TPSA) is 55.4 Å². The van der Waals surface area contributed by atoms with Crippen molar-refractivity contribution in [1.82, 2.24) is 5.32 Å². The van der Waals surface area contributed by atoms with Crippen molar-refractivity contribution in [3.63, 3.8) is 0 Å². The quantitative estimate of drug-likeness (QED) is 0.821. The van der Waals surface area contributed by atoms with Crippen LogP contribution in [0.15, 0.2) is 22.7 Å². The molecule has 0 bridgehead atoms. The Labute approximate surface area is 115 Å². The number of amides is 1. The van der Waals surface area contributed by atoms with Gasteiger partial charge in [-0.15, -0.1) is 0 Å². The highest BCUT2D eigenvalue weighted by Crippen LogP contribution is 2.23. The van der Waals surface area contributed by atoms with Crippen LogP contribution in [-0.4, -0.2) is 24.8 Å². The highest BCUT2D eigenvalue weighted by Gasteiger charge is 2.09. The van der Waals surface area contributed by atoms with E-state index in [0.717, 1.165) is 4.47 Å². The fraction of sp³-hybridized carbons (Fsp3) is 0.385. The van der Waals surface area contributed by atoms with Crippen LogP contribution in [0.1, 0.15) is 30.6 Å². The molecule has 1 rings (SSSR count). The van der Waals surface area contributed by atoms with Crippen molar-refractivity contribution in [3.8, 4) is 5.75 Å². The smallest absolute Gasteiger partial charge is 0.223 e. The maximum absolute atomic E-state index is 11.4. The molecule has 98 valence electrons. The lowest BCUT2D eigenvalue weighted by Crippen LogP contribution is -2.24. The minimum atomic E-state index is -0.0655. The summed E-state index contributed by atoms with van der Waals surface area (Å²) in [7, 11) is 0. The molecule has 0 aliphatic rings. The van der Waals surface area contributed by atoms with E-state index in [1.54, 1.807) is 18.2 Å². The highest BCUT2D eigenvalue weighted by atomic mass is 79.9. The molecule has 0 aromatic heterocycles. The van der Waals surface area contributed by atoms with Gasteiger partial charge in [0.25, 0.3) is 0 Å². The molecule has 0 aliphatic carbocycles. The van der Waals surface area contributed by atoms with Crippen LogP contribution >= 0.6 is 15.9 Å². The normalized spacial score (nSPS) is 9.94. The van der Waals surface area contributed by atoms with E-state index in [1.807, 2.05) is 6.92 Å². The third kappa shape index (κ3) is 4.49. The second-order valence-corrected chi connectivity index (χ2v) is 4.66. The van der Waals surface area contributed by atoms with Gasteiger partial charge in [-0.3, -0.25) is 9.59 Å². The zero-order chi connectivity index (χ0) is 13.5. The predicted molar refractivity (Wildman–Crippen MR) is 72.9 cm³/mol. The molecule has 0 fully saturated rings. The van der Waals surface area contributed by atoms with E-state index in [9.17, 15) is 9.59 Å². The number of carbonyl (C=O) groups is 2. The van der Waals surface area contributed by atoms with Crippen molar-refractivity contribution in [1.29, 1.82) is 0 Å². The first kappa shape index (κ1) is 14.7. The van der Waals surface area contributed by atoms with E-state index >= 15 is 0 Å². The monoisotopic (exact) mass is 313 g/mol. The lowest BCUT2D eigenvalue weighted by atomic mass is 10.1. The van der Waals surface area contributed by atoms with Crippen LogP contribution in [0.3, 0.4) is 0 Å². The Balaban J connectivity index is 2.62. The molecule has 4 nitrogen and oxygen atoms in total. The molecule has 1 aromatic carbocycles. The van der Waals surface area contributed by atoms with Crippen LogP contribution in [0.2, 0.25) is 0 Å². The minimum Gasteiger partial charge on any atom is -0.492 e. The van der Waals surface area contributed by atoms with Gasteiger partial charge in [-0.05, 0) is 32.0 Å². The summed E-state index contributed by atoms with van der Waals surface area (Å²) < 4.78 is 6.29. The number of halogens is 1. The Morgan fingerprint density at radius 1 is 1.39 bits per heavy atom. The van der Waals surface area contributed by atoms with Crippen molar-refractivity contribution in [2.45, 2.75) is 20.3 Å². The zero-order valence-electron chi connectivity index (χ0n) is 10.5. The van der Waals surface area contributed by atoms with Crippen LogP contribution < -0.4 is 10.1 Å². The maximum Gasteiger partial charge on any atom is 0.223 e. The van der Waals surface area contributed by atoms with E-state index in [0.29, 0.717) is 17.9 Å². The minimum absolute atomic E-state index is 0.0565. The van der Waals surface area contributed by atoms with E-state index < -0.39 is 0 Å². The van der Waals surface area contributed by atoms with E-state index in [1.165, 1.54) is 6.92 Å². The van der Waals surface area contributed by atoms with Crippen molar-refractivity contribution in [2.24, 2.45) is 0 Å². The summed E-state index contributed by atoms with van der Waals surface area (Å²) in [6.07, 6.45) is 0.279. The molecule has 0 unspecified atom stereocenters. The van der Waals surface area contributed by atoms with Gasteiger partial charge in [-0.1, -0.05) is 15.9 Å². The number of benzene rings is 1. The Morgan fingerprint density at radius 3 is 2.72 bits per heavy atom. The summed E-state index contributed by atoms with van der Waals surface area (Å²) in [5.41, 5.74) is 0.514. The molecule has 1 amide bonds. The molecular weight excluding hydrogens is 298 g/mol. The molecule has 0 radical (unpaired) electrons. The van der Waals surface area contributed by atoms with Crippen LogP contribution in [0.25, 0.3) is 0 Å². The molecule has 0 spiro atoms. The summed E-state index contributed by atoms with van der Waals surface area (Å²) in [5, 5.41) is 2.68. The summed E-state index contributed by atoms with van der Waals surface area (Å²) in [4.78, 5) is 22.7. The van der Waals surface area contributed by atoms with Gasteiger partial charge in [0.1, 0.15) is 5.75 Å². The fourth-order valence-corrected chi connectivity index (χ4v) is 1.80. The molecule has 0 atom stereocenters. The highest BCUT2D eigenvalue weighted by molar-refractivity contribution is 9.10. The Morgan fingerprint density at radius 2 is 2.11 bits per heavy atom. The number of hydrogen-bond donors (Lipinski definition) is 1. The van der Waals surface area contributed by atoms with Gasteiger partial charge in [-0.2, -0.15) is 0 Å². The summed E-state index contributed by atoms with van der Waals surface area (Å²) in [6, 6.07) is 5.23. The fourth-order valence-electron chi connectivity index (χ4n) is 1.44. The third-order valence-corrected chi connectivity index (χ3v) is 2.77. The summed E-state index contributed by atoms with van der Waals surface area (Å²) >= 11 is 3.30. The average molecular weight is 314 g/mol. The first-order chi connectivity index (χ1) is 8.54. The zero-order valence-corrected chi connectivity index (χ0v) is 12.0. The summed E-state index contributed by atoms with van der Waals surface area (Å²) in [6.45, 7) is 4.21. The molecule has 0 heterocycles. The Bertz CT molecular complexity index is 446. The number of hydrogen-bond acceptors (Lipinski definition) is 3. The number of ketones is 1. The van der Waals surface area contributed by atoms with E-state index in [4.69, 9.17) is 4.74 Å². The van der Waals surface area contributed by atoms with Gasteiger partial charge >= 0.3 is 0 Å². The average Bonchev–Trinajstić information content (AvgIpc) is 2.31. The second-order valence-electron chi connectivity index (χ2n) is 3.75. The summed E-state index contributed by atoms with van der Waals surface area (Å²) in [5.74, 6) is 0.387. The lowest BCUT2D eigenvalue weighted by Gasteiger charge is -2.10. The SMILES string of the molecule is CCNC(=O)CCOc1ccc(Br)cc1C(C)=O.